The summed E-state index contributed by atoms with van der Waals surface area (Å²) >= 11 is 0. The zero-order valence-corrected chi connectivity index (χ0v) is 10.3. The fourth-order valence-electron chi connectivity index (χ4n) is 1.25. The van der Waals surface area contributed by atoms with Crippen molar-refractivity contribution < 1.29 is 23.1 Å². The first-order valence-corrected chi connectivity index (χ1v) is 6.27. The van der Waals surface area contributed by atoms with Gasteiger partial charge in [-0.05, 0) is 24.3 Å². The number of carboxylic acids is 1. The number of nitrogens with two attached hydrogens (primary N) is 1. The number of hydrogen-bond acceptors (Lipinski definition) is 4. The van der Waals surface area contributed by atoms with Gasteiger partial charge < -0.3 is 10.8 Å². The van der Waals surface area contributed by atoms with Gasteiger partial charge in [-0.2, -0.15) is 4.31 Å². The van der Waals surface area contributed by atoms with Crippen molar-refractivity contribution >= 4 is 21.9 Å². The molecule has 0 fully saturated rings. The van der Waals surface area contributed by atoms with E-state index < -0.39 is 28.4 Å². The minimum Gasteiger partial charge on any atom is -0.480 e. The molecule has 0 aliphatic rings. The molecular weight excluding hydrogens is 260 g/mol. The number of primary amides is 1. The molecule has 1 amide bonds. The summed E-state index contributed by atoms with van der Waals surface area (Å²) < 4.78 is 24.5. The molecule has 1 aromatic carbocycles. The Morgan fingerprint density at radius 2 is 1.78 bits per heavy atom. The highest BCUT2D eigenvalue weighted by atomic mass is 32.2. The Morgan fingerprint density at radius 1 is 1.28 bits per heavy atom. The second kappa shape index (κ2) is 5.15. The topological polar surface area (TPSA) is 118 Å². The molecule has 0 aromatic heterocycles. The van der Waals surface area contributed by atoms with Gasteiger partial charge >= 0.3 is 5.97 Å². The smallest absolute Gasteiger partial charge is 0.318 e. The molecule has 0 radical (unpaired) electrons. The fraction of sp³-hybridized carbons (Fsp3) is 0.200. The van der Waals surface area contributed by atoms with Crippen molar-refractivity contribution in [3.63, 3.8) is 0 Å². The lowest BCUT2D eigenvalue weighted by Gasteiger charge is -2.14. The summed E-state index contributed by atoms with van der Waals surface area (Å²) in [5.74, 6) is -1.92. The molecule has 0 saturated heterocycles. The third-order valence-electron chi connectivity index (χ3n) is 2.20. The van der Waals surface area contributed by atoms with Gasteiger partial charge in [0, 0.05) is 12.6 Å². The number of amides is 1. The molecule has 8 heteroatoms. The summed E-state index contributed by atoms with van der Waals surface area (Å²) in [6, 6.07) is 4.94. The number of benzene rings is 1. The van der Waals surface area contributed by atoms with Gasteiger partial charge in [0.05, 0.1) is 4.90 Å². The molecule has 3 N–H and O–H groups in total. The number of nitrogens with zero attached hydrogens (tertiary/aromatic N) is 1. The van der Waals surface area contributed by atoms with E-state index in [0.717, 1.165) is 7.05 Å². The van der Waals surface area contributed by atoms with Crippen molar-refractivity contribution in [3.05, 3.63) is 29.8 Å². The SMILES string of the molecule is CN(CC(=O)O)S(=O)(=O)c1ccc(C(N)=O)cc1. The lowest BCUT2D eigenvalue weighted by molar-refractivity contribution is -0.137. The Hall–Kier alpha value is -1.93. The largest absolute Gasteiger partial charge is 0.480 e. The molecule has 0 bridgehead atoms. The van der Waals surface area contributed by atoms with Crippen molar-refractivity contribution in [2.75, 3.05) is 13.6 Å². The molecular formula is C10H12N2O5S. The van der Waals surface area contributed by atoms with Crippen molar-refractivity contribution in [2.45, 2.75) is 4.90 Å². The highest BCUT2D eigenvalue weighted by Crippen LogP contribution is 2.14. The number of aliphatic carboxylic acids is 1. The first-order valence-electron chi connectivity index (χ1n) is 4.83. The lowest BCUT2D eigenvalue weighted by atomic mass is 10.2. The van der Waals surface area contributed by atoms with E-state index >= 15 is 0 Å². The zero-order valence-electron chi connectivity index (χ0n) is 9.53. The fourth-order valence-corrected chi connectivity index (χ4v) is 2.37. The van der Waals surface area contributed by atoms with Gasteiger partial charge in [0.2, 0.25) is 15.9 Å². The molecule has 0 atom stereocenters. The van der Waals surface area contributed by atoms with E-state index in [1.165, 1.54) is 24.3 Å². The first kappa shape index (κ1) is 14.1. The van der Waals surface area contributed by atoms with Gasteiger partial charge in [0.1, 0.15) is 6.54 Å². The summed E-state index contributed by atoms with van der Waals surface area (Å²) in [4.78, 5) is 21.2. The zero-order chi connectivity index (χ0) is 13.9. The predicted octanol–water partition coefficient (Wildman–Crippen LogP) is -0.509. The van der Waals surface area contributed by atoms with Gasteiger partial charge in [-0.15, -0.1) is 0 Å². The van der Waals surface area contributed by atoms with E-state index in [4.69, 9.17) is 10.8 Å². The first-order chi connectivity index (χ1) is 8.25. The van der Waals surface area contributed by atoms with Crippen LogP contribution in [0.15, 0.2) is 29.2 Å². The molecule has 0 heterocycles. The van der Waals surface area contributed by atoms with Crippen LogP contribution < -0.4 is 5.73 Å². The van der Waals surface area contributed by atoms with Crippen molar-refractivity contribution in [1.82, 2.24) is 4.31 Å². The average Bonchev–Trinajstić information content (AvgIpc) is 2.28. The molecule has 1 rings (SSSR count). The summed E-state index contributed by atoms with van der Waals surface area (Å²) in [6.07, 6.45) is 0. The van der Waals surface area contributed by atoms with Crippen LogP contribution in [0.2, 0.25) is 0 Å². The number of rotatable bonds is 5. The summed E-state index contributed by atoms with van der Waals surface area (Å²) in [5.41, 5.74) is 5.20. The minimum absolute atomic E-state index is 0.101. The van der Waals surface area contributed by atoms with Gasteiger partial charge in [-0.25, -0.2) is 8.42 Å². The Labute approximate surface area is 104 Å². The molecule has 7 nitrogen and oxygen atoms in total. The van der Waals surface area contributed by atoms with E-state index in [2.05, 4.69) is 0 Å². The Kier molecular flexibility index (Phi) is 4.04. The molecule has 0 saturated carbocycles. The van der Waals surface area contributed by atoms with Crippen LogP contribution in [0.4, 0.5) is 0 Å². The van der Waals surface area contributed by atoms with Crippen LogP contribution in [0.5, 0.6) is 0 Å². The number of carbonyl (C=O) groups excluding carboxylic acids is 1. The second-order valence-electron chi connectivity index (χ2n) is 3.54. The van der Waals surface area contributed by atoms with Gasteiger partial charge in [-0.1, -0.05) is 0 Å². The Balaban J connectivity index is 3.05. The molecule has 0 unspecified atom stereocenters. The van der Waals surface area contributed by atoms with Crippen LogP contribution >= 0.6 is 0 Å². The monoisotopic (exact) mass is 272 g/mol. The Morgan fingerprint density at radius 3 is 2.17 bits per heavy atom. The number of sulfonamides is 1. The maximum Gasteiger partial charge on any atom is 0.318 e. The maximum atomic E-state index is 11.9. The quantitative estimate of drug-likeness (QED) is 0.748. The Bertz CT molecular complexity index is 564. The normalized spacial score (nSPS) is 11.4. The van der Waals surface area contributed by atoms with Crippen LogP contribution in [-0.4, -0.2) is 43.3 Å². The molecule has 98 valence electrons. The van der Waals surface area contributed by atoms with Crippen LogP contribution in [0.1, 0.15) is 10.4 Å². The summed E-state index contributed by atoms with van der Waals surface area (Å²) in [5, 5.41) is 8.54. The molecule has 1 aromatic rings. The minimum atomic E-state index is -3.88. The van der Waals surface area contributed by atoms with Crippen LogP contribution in [0.25, 0.3) is 0 Å². The van der Waals surface area contributed by atoms with E-state index in [1.54, 1.807) is 0 Å². The second-order valence-corrected chi connectivity index (χ2v) is 5.59. The summed E-state index contributed by atoms with van der Waals surface area (Å²) in [6.45, 7) is -0.639. The highest BCUT2D eigenvalue weighted by Gasteiger charge is 2.22. The maximum absolute atomic E-state index is 11.9. The standard InChI is InChI=1S/C10H12N2O5S/c1-12(6-9(13)14)18(16,17)8-4-2-7(3-5-8)10(11)15/h2-5H,6H2,1H3,(H2,11,15)(H,13,14). The molecule has 0 aliphatic carbocycles. The van der Waals surface area contributed by atoms with Gasteiger partial charge in [0.25, 0.3) is 0 Å². The number of carboxylic acid groups (broad SMARTS) is 1. The average molecular weight is 272 g/mol. The number of carbonyl (C=O) groups is 2. The van der Waals surface area contributed by atoms with Gasteiger partial charge in [0.15, 0.2) is 0 Å². The van der Waals surface area contributed by atoms with Crippen molar-refractivity contribution in [1.29, 1.82) is 0 Å². The third kappa shape index (κ3) is 3.05. The summed E-state index contributed by atoms with van der Waals surface area (Å²) in [7, 11) is -2.72. The molecule has 0 spiro atoms. The third-order valence-corrected chi connectivity index (χ3v) is 4.02. The van der Waals surface area contributed by atoms with E-state index in [1.807, 2.05) is 0 Å². The van der Waals surface area contributed by atoms with Crippen molar-refractivity contribution in [3.8, 4) is 0 Å². The van der Waals surface area contributed by atoms with E-state index in [-0.39, 0.29) is 10.5 Å². The van der Waals surface area contributed by atoms with E-state index in [9.17, 15) is 18.0 Å². The van der Waals surface area contributed by atoms with Crippen LogP contribution in [0.3, 0.4) is 0 Å². The lowest BCUT2D eigenvalue weighted by Crippen LogP contribution is -2.32. The predicted molar refractivity (Wildman–Crippen MR) is 62.4 cm³/mol. The molecule has 18 heavy (non-hydrogen) atoms. The van der Waals surface area contributed by atoms with E-state index in [0.29, 0.717) is 4.31 Å². The van der Waals surface area contributed by atoms with Gasteiger partial charge in [-0.3, -0.25) is 9.59 Å². The van der Waals surface area contributed by atoms with Crippen LogP contribution in [-0.2, 0) is 14.8 Å². The number of hydrogen-bond donors (Lipinski definition) is 2. The van der Waals surface area contributed by atoms with Crippen LogP contribution in [0, 0.1) is 0 Å². The highest BCUT2D eigenvalue weighted by molar-refractivity contribution is 7.89. The number of likely N-dealkylation sites (N-methyl/N-ethyl adjacent to an activating group) is 1. The van der Waals surface area contributed by atoms with Crippen molar-refractivity contribution in [2.24, 2.45) is 5.73 Å². The molecule has 0 aliphatic heterocycles.